The lowest BCUT2D eigenvalue weighted by molar-refractivity contribution is 0.0648. The number of aromatic nitrogens is 2. The largest absolute Gasteiger partial charge is 0.341 e. The third-order valence-corrected chi connectivity index (χ3v) is 10.5. The number of fused-ring (bicyclic) bond motifs is 2. The molecule has 0 bridgehead atoms. The molecule has 0 spiro atoms. The Kier molecular flexibility index (Phi) is 10.5. The number of halogens is 1. The van der Waals surface area contributed by atoms with E-state index in [1.807, 2.05) is 42.5 Å². The number of carbonyl (C=O) groups excluding carboxylic acids is 2. The molecule has 258 valence electrons. The quantitative estimate of drug-likeness (QED) is 0.165. The van der Waals surface area contributed by atoms with E-state index in [9.17, 15) is 18.0 Å². The van der Waals surface area contributed by atoms with Crippen LogP contribution in [-0.4, -0.2) is 60.8 Å². The van der Waals surface area contributed by atoms with Crippen molar-refractivity contribution in [1.82, 2.24) is 19.6 Å². The molecule has 50 heavy (non-hydrogen) atoms. The highest BCUT2D eigenvalue weighted by Crippen LogP contribution is 2.34. The molecule has 1 atom stereocenters. The first-order valence-electron chi connectivity index (χ1n) is 16.7. The van der Waals surface area contributed by atoms with Crippen LogP contribution in [0, 0.1) is 0 Å². The fraction of sp³-hybridized carbons (Fsp3) is 0.263. The normalized spacial score (nSPS) is 14.3. The van der Waals surface area contributed by atoms with Crippen molar-refractivity contribution < 1.29 is 18.0 Å². The lowest BCUT2D eigenvalue weighted by Crippen LogP contribution is -2.48. The van der Waals surface area contributed by atoms with Crippen molar-refractivity contribution in [2.24, 2.45) is 5.73 Å². The molecule has 0 radical (unpaired) electrons. The van der Waals surface area contributed by atoms with E-state index in [1.165, 1.54) is 30.5 Å². The van der Waals surface area contributed by atoms with Crippen LogP contribution in [0.15, 0.2) is 96.0 Å². The third-order valence-electron chi connectivity index (χ3n) is 8.92. The highest BCUT2D eigenvalue weighted by atomic mass is 35.5. The molecule has 1 aromatic heterocycles. The van der Waals surface area contributed by atoms with Crippen molar-refractivity contribution in [3.05, 3.63) is 118 Å². The summed E-state index contributed by atoms with van der Waals surface area (Å²) < 4.78 is 29.0. The van der Waals surface area contributed by atoms with Crippen LogP contribution in [0.2, 0.25) is 5.02 Å². The highest BCUT2D eigenvalue weighted by molar-refractivity contribution is 7.90. The first-order chi connectivity index (χ1) is 24.1. The Morgan fingerprint density at radius 2 is 1.64 bits per heavy atom. The summed E-state index contributed by atoms with van der Waals surface area (Å²) in [5.74, 6) is -0.793. The van der Waals surface area contributed by atoms with Crippen LogP contribution in [0.3, 0.4) is 0 Å². The minimum absolute atomic E-state index is 0.0211. The zero-order valence-electron chi connectivity index (χ0n) is 28.0. The molecular weight excluding hydrogens is 672 g/mol. The van der Waals surface area contributed by atoms with E-state index in [0.29, 0.717) is 30.2 Å². The van der Waals surface area contributed by atoms with Gasteiger partial charge in [-0.15, -0.1) is 0 Å². The van der Waals surface area contributed by atoms with E-state index in [4.69, 9.17) is 22.3 Å². The van der Waals surface area contributed by atoms with Crippen molar-refractivity contribution in [3.63, 3.8) is 0 Å². The molecule has 0 fully saturated rings. The van der Waals surface area contributed by atoms with Gasteiger partial charge in [-0.25, -0.2) is 23.1 Å². The van der Waals surface area contributed by atoms with Crippen LogP contribution in [0.5, 0.6) is 0 Å². The summed E-state index contributed by atoms with van der Waals surface area (Å²) >= 11 is 6.73. The Morgan fingerprint density at radius 3 is 2.36 bits per heavy atom. The van der Waals surface area contributed by atoms with Gasteiger partial charge >= 0.3 is 0 Å². The molecule has 0 aliphatic carbocycles. The zero-order chi connectivity index (χ0) is 35.4. The fourth-order valence-corrected chi connectivity index (χ4v) is 7.59. The van der Waals surface area contributed by atoms with E-state index < -0.39 is 15.9 Å². The van der Waals surface area contributed by atoms with Gasteiger partial charge in [-0.05, 0) is 65.4 Å². The van der Waals surface area contributed by atoms with Gasteiger partial charge in [0.25, 0.3) is 21.8 Å². The molecule has 5 aromatic rings. The molecule has 1 aliphatic heterocycles. The first-order valence-corrected chi connectivity index (χ1v) is 18.5. The van der Waals surface area contributed by atoms with Gasteiger partial charge in [0.2, 0.25) is 5.95 Å². The molecule has 2 amide bonds. The predicted molar refractivity (Wildman–Crippen MR) is 197 cm³/mol. The van der Waals surface area contributed by atoms with E-state index >= 15 is 0 Å². The summed E-state index contributed by atoms with van der Waals surface area (Å²) in [6, 6.07) is 24.1. The third kappa shape index (κ3) is 7.21. The van der Waals surface area contributed by atoms with Gasteiger partial charge in [0.1, 0.15) is 0 Å². The smallest absolute Gasteiger partial charge is 0.265 e. The fourth-order valence-electron chi connectivity index (χ4n) is 6.38. The Hall–Kier alpha value is -4.84. The Bertz CT molecular complexity index is 2170. The number of nitrogens with one attached hydrogen (secondary N) is 1. The van der Waals surface area contributed by atoms with Crippen molar-refractivity contribution in [3.8, 4) is 11.3 Å². The van der Waals surface area contributed by atoms with Crippen molar-refractivity contribution >= 4 is 50.2 Å². The number of hydrogen-bond donors (Lipinski definition) is 2. The van der Waals surface area contributed by atoms with Gasteiger partial charge in [-0.3, -0.25) is 9.59 Å². The number of nitrogens with two attached hydrogens (primary N) is 1. The van der Waals surface area contributed by atoms with Gasteiger partial charge in [0.15, 0.2) is 0 Å². The Balaban J connectivity index is 1.42. The molecule has 12 heteroatoms. The number of hydrogen-bond acceptors (Lipinski definition) is 8. The van der Waals surface area contributed by atoms with Crippen LogP contribution < -0.4 is 15.4 Å². The molecule has 4 aromatic carbocycles. The Morgan fingerprint density at radius 1 is 0.940 bits per heavy atom. The summed E-state index contributed by atoms with van der Waals surface area (Å²) in [7, 11) is -4.25. The lowest BCUT2D eigenvalue weighted by atomic mass is 9.92. The maximum absolute atomic E-state index is 14.6. The molecule has 1 aliphatic rings. The zero-order valence-corrected chi connectivity index (χ0v) is 29.5. The molecule has 6 rings (SSSR count). The van der Waals surface area contributed by atoms with Crippen molar-refractivity contribution in [2.75, 3.05) is 24.5 Å². The highest BCUT2D eigenvalue weighted by Gasteiger charge is 2.32. The maximum atomic E-state index is 14.6. The summed E-state index contributed by atoms with van der Waals surface area (Å²) in [6.07, 6.45) is 3.85. The molecule has 0 saturated carbocycles. The van der Waals surface area contributed by atoms with E-state index in [1.54, 1.807) is 23.1 Å². The predicted octanol–water partition coefficient (Wildman–Crippen LogP) is 6.22. The summed E-state index contributed by atoms with van der Waals surface area (Å²) in [4.78, 5) is 41.3. The van der Waals surface area contributed by atoms with Crippen LogP contribution >= 0.6 is 11.6 Å². The SMILES string of the molecule is CCCN(CCC)c1ncc(Cl)c(-c2ccc(C(=O)NS(=O)(=O)c3ccc4ccccc4c3)cc2C(=O)N2Cc3ccccc3C[C@H]2CN)n1. The maximum Gasteiger partial charge on any atom is 0.265 e. The lowest BCUT2D eigenvalue weighted by Gasteiger charge is -2.37. The first kappa shape index (κ1) is 35.0. The number of benzene rings is 4. The standard InChI is InChI=1S/C38H39ClN6O4S/c1-3-17-44(18-4-2)38-41-23-34(39)35(42-38)32-16-14-28(36(46)43-50(48,49)31-15-13-25-9-5-6-11-27(25)20-31)21-33(32)37(47)45-24-29-12-8-7-10-26(29)19-30(45)22-40/h5-16,20-21,23,30H,3-4,17-19,22,24,40H2,1-2H3,(H,43,46)/t30-/m0/s1. The summed E-state index contributed by atoms with van der Waals surface area (Å²) in [5, 5.41) is 1.81. The average Bonchev–Trinajstić information content (AvgIpc) is 3.13. The monoisotopic (exact) mass is 710 g/mol. The Labute approximate surface area is 297 Å². The second-order valence-corrected chi connectivity index (χ2v) is 14.4. The second-order valence-electron chi connectivity index (χ2n) is 12.4. The molecule has 10 nitrogen and oxygen atoms in total. The number of amides is 2. The van der Waals surface area contributed by atoms with Crippen LogP contribution in [0.1, 0.15) is 58.5 Å². The number of rotatable bonds is 11. The second kappa shape index (κ2) is 15.0. The molecule has 0 saturated heterocycles. The number of nitrogens with zero attached hydrogens (tertiary/aromatic N) is 4. The number of carbonyl (C=O) groups is 2. The molecule has 3 N–H and O–H groups in total. The van der Waals surface area contributed by atoms with Gasteiger partial charge in [0.05, 0.1) is 21.8 Å². The van der Waals surface area contributed by atoms with Crippen molar-refractivity contribution in [1.29, 1.82) is 0 Å². The van der Waals surface area contributed by atoms with Gasteiger partial charge in [-0.2, -0.15) is 0 Å². The van der Waals surface area contributed by atoms with Crippen molar-refractivity contribution in [2.45, 2.75) is 50.6 Å². The molecule has 0 unspecified atom stereocenters. The minimum atomic E-state index is -4.25. The van der Waals surface area contributed by atoms with Crippen LogP contribution in [0.4, 0.5) is 5.95 Å². The summed E-state index contributed by atoms with van der Waals surface area (Å²) in [6.45, 7) is 6.15. The number of anilines is 1. The van der Waals surface area contributed by atoms with E-state index in [2.05, 4.69) is 28.5 Å². The van der Waals surface area contributed by atoms with Crippen LogP contribution in [-0.2, 0) is 23.0 Å². The average molecular weight is 711 g/mol. The molecule has 2 heterocycles. The topological polar surface area (TPSA) is 139 Å². The molecular formula is C38H39ClN6O4S. The van der Waals surface area contributed by atoms with Gasteiger partial charge in [0, 0.05) is 48.9 Å². The van der Waals surface area contributed by atoms with Crippen LogP contribution in [0.25, 0.3) is 22.0 Å². The summed E-state index contributed by atoms with van der Waals surface area (Å²) in [5.41, 5.74) is 9.17. The number of sulfonamides is 1. The minimum Gasteiger partial charge on any atom is -0.341 e. The van der Waals surface area contributed by atoms with E-state index in [-0.39, 0.29) is 39.5 Å². The van der Waals surface area contributed by atoms with Gasteiger partial charge in [-0.1, -0.05) is 86.1 Å². The van der Waals surface area contributed by atoms with E-state index in [0.717, 1.165) is 47.8 Å². The van der Waals surface area contributed by atoms with Gasteiger partial charge < -0.3 is 15.5 Å².